The van der Waals surface area contributed by atoms with Crippen molar-refractivity contribution in [3.05, 3.63) is 29.8 Å². The van der Waals surface area contributed by atoms with Crippen LogP contribution in [-0.2, 0) is 14.8 Å². The van der Waals surface area contributed by atoms with Gasteiger partial charge in [-0.3, -0.25) is 4.79 Å². The molecule has 0 radical (unpaired) electrons. The number of methoxy groups -OCH3 is 1. The highest BCUT2D eigenvalue weighted by Gasteiger charge is 2.18. The number of hydrogen-bond acceptors (Lipinski definition) is 5. The number of nitrogens with one attached hydrogen (secondary N) is 2. The number of rotatable bonds is 5. The second-order valence-electron chi connectivity index (χ2n) is 5.03. The number of hydrogen-bond donors (Lipinski definition) is 2. The standard InChI is InChI=1S/C15H21N3O4S.ClH/c1-16-23(20,21)14-11-12(3-5-13(14)22-2)4-6-15(19)18-9-7-17-8-10-18;/h3-6,11,16-17H,7-10H2,1-2H3;1H/b6-4+;. The Balaban J connectivity index is 0.00000288. The molecule has 1 fully saturated rings. The Kier molecular flexibility index (Phi) is 7.68. The van der Waals surface area contributed by atoms with E-state index in [9.17, 15) is 13.2 Å². The zero-order valence-corrected chi connectivity index (χ0v) is 15.2. The van der Waals surface area contributed by atoms with Crippen molar-refractivity contribution < 1.29 is 17.9 Å². The molecule has 0 spiro atoms. The SMILES string of the molecule is CNS(=O)(=O)c1cc(/C=C/C(=O)N2CCNCC2)ccc1OC.Cl. The Morgan fingerprint density at radius 3 is 2.58 bits per heavy atom. The van der Waals surface area contributed by atoms with E-state index in [-0.39, 0.29) is 29.0 Å². The van der Waals surface area contributed by atoms with Crippen LogP contribution in [0.15, 0.2) is 29.2 Å². The molecule has 9 heteroatoms. The van der Waals surface area contributed by atoms with E-state index < -0.39 is 10.0 Å². The molecule has 24 heavy (non-hydrogen) atoms. The summed E-state index contributed by atoms with van der Waals surface area (Å²) >= 11 is 0. The molecule has 7 nitrogen and oxygen atoms in total. The van der Waals surface area contributed by atoms with Crippen LogP contribution in [0.3, 0.4) is 0 Å². The summed E-state index contributed by atoms with van der Waals surface area (Å²) in [4.78, 5) is 13.9. The highest BCUT2D eigenvalue weighted by molar-refractivity contribution is 7.89. The third-order valence-corrected chi connectivity index (χ3v) is 5.03. The second kappa shape index (κ2) is 9.03. The highest BCUT2D eigenvalue weighted by atomic mass is 35.5. The van der Waals surface area contributed by atoms with Crippen molar-refractivity contribution in [1.29, 1.82) is 0 Å². The predicted octanol–water partition coefficient (Wildman–Crippen LogP) is 0.470. The first kappa shape index (κ1) is 20.4. The summed E-state index contributed by atoms with van der Waals surface area (Å²) in [7, 11) is -0.886. The van der Waals surface area contributed by atoms with Gasteiger partial charge in [0, 0.05) is 32.3 Å². The quantitative estimate of drug-likeness (QED) is 0.730. The summed E-state index contributed by atoms with van der Waals surface area (Å²) in [6.07, 6.45) is 3.07. The normalized spacial score (nSPS) is 15.2. The summed E-state index contributed by atoms with van der Waals surface area (Å²) in [5, 5.41) is 3.18. The van der Waals surface area contributed by atoms with Crippen LogP contribution in [0.5, 0.6) is 5.75 Å². The van der Waals surface area contributed by atoms with Crippen molar-refractivity contribution in [3.8, 4) is 5.75 Å². The molecule has 1 heterocycles. The smallest absolute Gasteiger partial charge is 0.246 e. The lowest BCUT2D eigenvalue weighted by atomic mass is 10.2. The average molecular weight is 376 g/mol. The van der Waals surface area contributed by atoms with Gasteiger partial charge in [0.25, 0.3) is 0 Å². The van der Waals surface area contributed by atoms with Crippen molar-refractivity contribution in [2.24, 2.45) is 0 Å². The van der Waals surface area contributed by atoms with Crippen molar-refractivity contribution in [2.45, 2.75) is 4.90 Å². The molecular weight excluding hydrogens is 354 g/mol. The number of ether oxygens (including phenoxy) is 1. The highest BCUT2D eigenvalue weighted by Crippen LogP contribution is 2.25. The van der Waals surface area contributed by atoms with Gasteiger partial charge >= 0.3 is 0 Å². The molecule has 0 saturated carbocycles. The Bertz CT molecular complexity index is 701. The Morgan fingerprint density at radius 1 is 1.33 bits per heavy atom. The molecule has 2 rings (SSSR count). The number of nitrogens with zero attached hydrogens (tertiary/aromatic N) is 1. The molecule has 0 bridgehead atoms. The zero-order chi connectivity index (χ0) is 16.9. The maximum absolute atomic E-state index is 12.1. The van der Waals surface area contributed by atoms with E-state index in [0.717, 1.165) is 13.1 Å². The summed E-state index contributed by atoms with van der Waals surface area (Å²) in [6, 6.07) is 4.75. The first-order chi connectivity index (χ1) is 11.0. The average Bonchev–Trinajstić information content (AvgIpc) is 2.60. The van der Waals surface area contributed by atoms with Gasteiger partial charge in [0.1, 0.15) is 10.6 Å². The number of amides is 1. The minimum Gasteiger partial charge on any atom is -0.495 e. The molecule has 1 amide bonds. The molecule has 1 aliphatic rings. The molecule has 1 aliphatic heterocycles. The molecule has 1 aromatic rings. The van der Waals surface area contributed by atoms with Crippen LogP contribution in [0.25, 0.3) is 6.08 Å². The molecule has 0 atom stereocenters. The van der Waals surface area contributed by atoms with Gasteiger partial charge in [-0.05, 0) is 30.8 Å². The summed E-state index contributed by atoms with van der Waals surface area (Å²) in [6.45, 7) is 2.91. The van der Waals surface area contributed by atoms with E-state index in [1.54, 1.807) is 23.1 Å². The van der Waals surface area contributed by atoms with E-state index in [1.165, 1.54) is 26.3 Å². The van der Waals surface area contributed by atoms with Gasteiger partial charge < -0.3 is 15.0 Å². The number of sulfonamides is 1. The van der Waals surface area contributed by atoms with Gasteiger partial charge in [-0.25, -0.2) is 13.1 Å². The first-order valence-electron chi connectivity index (χ1n) is 7.27. The molecule has 1 saturated heterocycles. The van der Waals surface area contributed by atoms with Gasteiger partial charge in [-0.15, -0.1) is 12.4 Å². The number of halogens is 1. The van der Waals surface area contributed by atoms with Gasteiger partial charge in [0.2, 0.25) is 15.9 Å². The van der Waals surface area contributed by atoms with E-state index in [0.29, 0.717) is 18.7 Å². The minimum atomic E-state index is -3.63. The predicted molar refractivity (Wildman–Crippen MR) is 95.0 cm³/mol. The van der Waals surface area contributed by atoms with Crippen LogP contribution in [-0.4, -0.2) is 59.6 Å². The van der Waals surface area contributed by atoms with Gasteiger partial charge in [-0.1, -0.05) is 6.07 Å². The summed E-state index contributed by atoms with van der Waals surface area (Å²) < 4.78 is 31.4. The van der Waals surface area contributed by atoms with Crippen molar-refractivity contribution in [1.82, 2.24) is 14.9 Å². The fourth-order valence-electron chi connectivity index (χ4n) is 2.28. The minimum absolute atomic E-state index is 0. The maximum Gasteiger partial charge on any atom is 0.246 e. The molecule has 0 unspecified atom stereocenters. The Labute approximate surface area is 148 Å². The zero-order valence-electron chi connectivity index (χ0n) is 13.6. The first-order valence-corrected chi connectivity index (χ1v) is 8.75. The van der Waals surface area contributed by atoms with E-state index in [4.69, 9.17) is 4.74 Å². The number of carbonyl (C=O) groups is 1. The summed E-state index contributed by atoms with van der Waals surface area (Å²) in [5.74, 6) is 0.172. The topological polar surface area (TPSA) is 87.7 Å². The third-order valence-electron chi connectivity index (χ3n) is 3.59. The van der Waals surface area contributed by atoms with Gasteiger partial charge in [-0.2, -0.15) is 0 Å². The maximum atomic E-state index is 12.1. The van der Waals surface area contributed by atoms with Crippen LogP contribution in [0, 0.1) is 0 Å². The molecule has 0 aliphatic carbocycles. The van der Waals surface area contributed by atoms with E-state index in [1.807, 2.05) is 0 Å². The van der Waals surface area contributed by atoms with Crippen LogP contribution >= 0.6 is 12.4 Å². The lowest BCUT2D eigenvalue weighted by Crippen LogP contribution is -2.45. The van der Waals surface area contributed by atoms with Crippen molar-refractivity contribution in [3.63, 3.8) is 0 Å². The monoisotopic (exact) mass is 375 g/mol. The Morgan fingerprint density at radius 2 is 2.00 bits per heavy atom. The van der Waals surface area contributed by atoms with E-state index in [2.05, 4.69) is 10.0 Å². The molecular formula is C15H22ClN3O4S. The molecule has 134 valence electrons. The van der Waals surface area contributed by atoms with Crippen LogP contribution in [0.4, 0.5) is 0 Å². The lowest BCUT2D eigenvalue weighted by molar-refractivity contribution is -0.126. The fraction of sp³-hybridized carbons (Fsp3) is 0.400. The third kappa shape index (κ3) is 4.94. The lowest BCUT2D eigenvalue weighted by Gasteiger charge is -2.26. The molecule has 0 aromatic heterocycles. The number of carbonyl (C=O) groups excluding carboxylic acids is 1. The number of piperazine rings is 1. The van der Waals surface area contributed by atoms with Crippen molar-refractivity contribution in [2.75, 3.05) is 40.3 Å². The second-order valence-corrected chi connectivity index (χ2v) is 6.88. The van der Waals surface area contributed by atoms with Gasteiger partial charge in [0.05, 0.1) is 7.11 Å². The van der Waals surface area contributed by atoms with Crippen LogP contribution in [0.1, 0.15) is 5.56 Å². The van der Waals surface area contributed by atoms with Gasteiger partial charge in [0.15, 0.2) is 0 Å². The van der Waals surface area contributed by atoms with Crippen LogP contribution in [0.2, 0.25) is 0 Å². The fourth-order valence-corrected chi connectivity index (χ4v) is 3.20. The molecule has 2 N–H and O–H groups in total. The Hall–Kier alpha value is -1.61. The summed E-state index contributed by atoms with van der Waals surface area (Å²) in [5.41, 5.74) is 0.614. The number of benzene rings is 1. The van der Waals surface area contributed by atoms with E-state index >= 15 is 0 Å². The molecule has 1 aromatic carbocycles. The van der Waals surface area contributed by atoms with Crippen LogP contribution < -0.4 is 14.8 Å². The largest absolute Gasteiger partial charge is 0.495 e. The van der Waals surface area contributed by atoms with Crippen molar-refractivity contribution >= 4 is 34.4 Å².